The lowest BCUT2D eigenvalue weighted by atomic mass is 10.2. The third-order valence-electron chi connectivity index (χ3n) is 3.99. The number of carbonyl (C=O) groups is 2. The Balaban J connectivity index is 1.65. The Morgan fingerprint density at radius 1 is 1.21 bits per heavy atom. The molecule has 8 nitrogen and oxygen atoms in total. The van der Waals surface area contributed by atoms with Gasteiger partial charge in [-0.15, -0.1) is 21.5 Å². The van der Waals surface area contributed by atoms with Crippen LogP contribution in [0.3, 0.4) is 0 Å². The van der Waals surface area contributed by atoms with Gasteiger partial charge in [0.2, 0.25) is 11.8 Å². The van der Waals surface area contributed by atoms with E-state index in [2.05, 4.69) is 20.8 Å². The minimum absolute atomic E-state index is 0.105. The number of carbonyl (C=O) groups excluding carboxylic acids is 2. The van der Waals surface area contributed by atoms with Crippen molar-refractivity contribution in [3.63, 3.8) is 0 Å². The molecule has 0 atom stereocenters. The van der Waals surface area contributed by atoms with Crippen molar-refractivity contribution in [2.24, 2.45) is 7.05 Å². The van der Waals surface area contributed by atoms with Crippen LogP contribution >= 0.6 is 23.1 Å². The first-order valence-corrected chi connectivity index (χ1v) is 10.7. The second-order valence-corrected chi connectivity index (χ2v) is 7.89. The number of nitrogens with one attached hydrogen (secondary N) is 2. The van der Waals surface area contributed by atoms with E-state index in [0.29, 0.717) is 28.7 Å². The average molecular weight is 432 g/mol. The smallest absolute Gasteiger partial charge is 0.234 e. The third kappa shape index (κ3) is 5.15. The van der Waals surface area contributed by atoms with E-state index < -0.39 is 0 Å². The molecule has 0 radical (unpaired) electrons. The standard InChI is InChI=1S/C19H21N5O3S2/c1-4-16(25)20-12-7-8-14(27-3)13(10-12)21-17(26)11-29-19-23-22-18(24(19)2)15-6-5-9-28-15/h5-10H,4,11H2,1-3H3,(H,20,25)(H,21,26). The molecule has 0 unspecified atom stereocenters. The molecule has 0 aliphatic carbocycles. The Labute approximate surface area is 176 Å². The van der Waals surface area contributed by atoms with Gasteiger partial charge in [0.25, 0.3) is 0 Å². The fourth-order valence-electron chi connectivity index (χ4n) is 2.51. The van der Waals surface area contributed by atoms with Gasteiger partial charge >= 0.3 is 0 Å². The Morgan fingerprint density at radius 3 is 2.72 bits per heavy atom. The van der Waals surface area contributed by atoms with Gasteiger partial charge in [-0.3, -0.25) is 9.59 Å². The number of rotatable bonds is 8. The molecular formula is C19H21N5O3S2. The average Bonchev–Trinajstić information content (AvgIpc) is 3.36. The number of anilines is 2. The van der Waals surface area contributed by atoms with Crippen LogP contribution in [-0.2, 0) is 16.6 Å². The molecule has 2 aromatic heterocycles. The molecule has 0 bridgehead atoms. The first kappa shape index (κ1) is 20.9. The first-order chi connectivity index (χ1) is 14.0. The van der Waals surface area contributed by atoms with Crippen molar-refractivity contribution in [2.45, 2.75) is 18.5 Å². The quantitative estimate of drug-likeness (QED) is 0.529. The van der Waals surface area contributed by atoms with Gasteiger partial charge in [-0.25, -0.2) is 0 Å². The topological polar surface area (TPSA) is 98.1 Å². The Hall–Kier alpha value is -2.85. The van der Waals surface area contributed by atoms with Crippen molar-refractivity contribution < 1.29 is 14.3 Å². The summed E-state index contributed by atoms with van der Waals surface area (Å²) in [4.78, 5) is 25.1. The number of amides is 2. The molecule has 0 fully saturated rings. The minimum atomic E-state index is -0.215. The normalized spacial score (nSPS) is 10.6. The number of thioether (sulfide) groups is 1. The molecule has 3 rings (SSSR count). The maximum atomic E-state index is 12.5. The lowest BCUT2D eigenvalue weighted by Crippen LogP contribution is -2.16. The van der Waals surface area contributed by atoms with E-state index in [9.17, 15) is 9.59 Å². The summed E-state index contributed by atoms with van der Waals surface area (Å²) in [5.74, 6) is 1.12. The summed E-state index contributed by atoms with van der Waals surface area (Å²) in [5.41, 5.74) is 1.08. The number of aromatic nitrogens is 3. The Kier molecular flexibility index (Phi) is 6.89. The highest BCUT2D eigenvalue weighted by atomic mass is 32.2. The van der Waals surface area contributed by atoms with E-state index in [4.69, 9.17) is 4.74 Å². The predicted molar refractivity (Wildman–Crippen MR) is 116 cm³/mol. The van der Waals surface area contributed by atoms with Gasteiger partial charge in [0.15, 0.2) is 11.0 Å². The zero-order chi connectivity index (χ0) is 20.8. The molecule has 0 aliphatic heterocycles. The van der Waals surface area contributed by atoms with E-state index in [0.717, 1.165) is 10.7 Å². The third-order valence-corrected chi connectivity index (χ3v) is 5.87. The van der Waals surface area contributed by atoms with Gasteiger partial charge in [-0.1, -0.05) is 24.8 Å². The SMILES string of the molecule is CCC(=O)Nc1ccc(OC)c(NC(=O)CSc2nnc(-c3cccs3)n2C)c1. The van der Waals surface area contributed by atoms with Crippen LogP contribution in [0.15, 0.2) is 40.9 Å². The summed E-state index contributed by atoms with van der Waals surface area (Å²) in [6, 6.07) is 9.03. The number of benzene rings is 1. The van der Waals surface area contributed by atoms with Crippen LogP contribution in [0.1, 0.15) is 13.3 Å². The number of hydrogen-bond acceptors (Lipinski definition) is 7. The van der Waals surface area contributed by atoms with Crippen molar-refractivity contribution in [2.75, 3.05) is 23.5 Å². The molecule has 2 heterocycles. The molecule has 2 N–H and O–H groups in total. The fourth-order valence-corrected chi connectivity index (χ4v) is 3.97. The molecule has 10 heteroatoms. The molecule has 0 saturated carbocycles. The summed E-state index contributed by atoms with van der Waals surface area (Å²) in [6.45, 7) is 1.77. The maximum absolute atomic E-state index is 12.5. The fraction of sp³-hybridized carbons (Fsp3) is 0.263. The van der Waals surface area contributed by atoms with E-state index >= 15 is 0 Å². The molecule has 0 spiro atoms. The van der Waals surface area contributed by atoms with Crippen LogP contribution in [0.4, 0.5) is 11.4 Å². The van der Waals surface area contributed by atoms with Crippen molar-refractivity contribution in [3.8, 4) is 16.5 Å². The minimum Gasteiger partial charge on any atom is -0.495 e. The molecule has 2 amide bonds. The summed E-state index contributed by atoms with van der Waals surface area (Å²) < 4.78 is 7.17. The first-order valence-electron chi connectivity index (χ1n) is 8.85. The van der Waals surface area contributed by atoms with E-state index in [1.165, 1.54) is 18.9 Å². The number of thiophene rings is 1. The molecule has 152 valence electrons. The lowest BCUT2D eigenvalue weighted by Gasteiger charge is -2.12. The maximum Gasteiger partial charge on any atom is 0.234 e. The number of hydrogen-bond donors (Lipinski definition) is 2. The van der Waals surface area contributed by atoms with Crippen LogP contribution in [0.5, 0.6) is 5.75 Å². The van der Waals surface area contributed by atoms with Gasteiger partial charge in [0, 0.05) is 19.2 Å². The van der Waals surface area contributed by atoms with Crippen molar-refractivity contribution >= 4 is 46.3 Å². The largest absolute Gasteiger partial charge is 0.495 e. The second-order valence-electron chi connectivity index (χ2n) is 6.00. The lowest BCUT2D eigenvalue weighted by molar-refractivity contribution is -0.116. The van der Waals surface area contributed by atoms with Crippen LogP contribution in [0.25, 0.3) is 10.7 Å². The van der Waals surface area contributed by atoms with Crippen LogP contribution in [0, 0.1) is 0 Å². The molecule has 3 aromatic rings. The zero-order valence-corrected chi connectivity index (χ0v) is 17.9. The zero-order valence-electron chi connectivity index (χ0n) is 16.3. The number of methoxy groups -OCH3 is 1. The van der Waals surface area contributed by atoms with Crippen LogP contribution < -0.4 is 15.4 Å². The summed E-state index contributed by atoms with van der Waals surface area (Å²) in [6.07, 6.45) is 0.371. The molecular weight excluding hydrogens is 410 g/mol. The van der Waals surface area contributed by atoms with E-state index in [-0.39, 0.29) is 17.6 Å². The van der Waals surface area contributed by atoms with E-state index in [1.54, 1.807) is 36.5 Å². The number of ether oxygens (including phenoxy) is 1. The number of nitrogens with zero attached hydrogens (tertiary/aromatic N) is 3. The second kappa shape index (κ2) is 9.57. The van der Waals surface area contributed by atoms with Crippen molar-refractivity contribution in [1.29, 1.82) is 0 Å². The van der Waals surface area contributed by atoms with Gasteiger partial charge < -0.3 is 19.9 Å². The van der Waals surface area contributed by atoms with Gasteiger partial charge in [0.05, 0.1) is 23.4 Å². The van der Waals surface area contributed by atoms with Gasteiger partial charge in [0.1, 0.15) is 5.75 Å². The van der Waals surface area contributed by atoms with Crippen molar-refractivity contribution in [1.82, 2.24) is 14.8 Å². The summed E-state index contributed by atoms with van der Waals surface area (Å²) in [5, 5.41) is 16.6. The molecule has 29 heavy (non-hydrogen) atoms. The highest BCUT2D eigenvalue weighted by Gasteiger charge is 2.15. The molecule has 1 aromatic carbocycles. The predicted octanol–water partition coefficient (Wildman–Crippen LogP) is 3.63. The molecule has 0 aliphatic rings. The molecule has 0 saturated heterocycles. The Morgan fingerprint density at radius 2 is 2.03 bits per heavy atom. The Bertz CT molecular complexity index is 1000. The van der Waals surface area contributed by atoms with E-state index in [1.807, 2.05) is 29.1 Å². The highest BCUT2D eigenvalue weighted by Crippen LogP contribution is 2.29. The summed E-state index contributed by atoms with van der Waals surface area (Å²) >= 11 is 2.88. The van der Waals surface area contributed by atoms with Crippen LogP contribution in [-0.4, -0.2) is 39.4 Å². The highest BCUT2D eigenvalue weighted by molar-refractivity contribution is 7.99. The van der Waals surface area contributed by atoms with Gasteiger partial charge in [-0.2, -0.15) is 0 Å². The monoisotopic (exact) mass is 431 g/mol. The van der Waals surface area contributed by atoms with Crippen LogP contribution in [0.2, 0.25) is 0 Å². The summed E-state index contributed by atoms with van der Waals surface area (Å²) in [7, 11) is 3.40. The van der Waals surface area contributed by atoms with Crippen molar-refractivity contribution in [3.05, 3.63) is 35.7 Å². The van der Waals surface area contributed by atoms with Gasteiger partial charge in [-0.05, 0) is 29.6 Å².